The largest absolute Gasteiger partial charge is 0.713 e. The Hall–Kier alpha value is -2.43. The number of aromatic nitrogens is 1. The van der Waals surface area contributed by atoms with Gasteiger partial charge in [-0.05, 0) is 28.3 Å². The third kappa shape index (κ3) is 1.78. The van der Waals surface area contributed by atoms with Crippen molar-refractivity contribution in [1.29, 1.82) is 0 Å². The molecule has 0 aliphatic heterocycles. The van der Waals surface area contributed by atoms with E-state index in [0.29, 0.717) is 4.73 Å². The van der Waals surface area contributed by atoms with Gasteiger partial charge in [0, 0.05) is 9.82 Å². The maximum absolute atomic E-state index is 11.0. The third-order valence-electron chi connectivity index (χ3n) is 1.21. The zero-order chi connectivity index (χ0) is 9.68. The van der Waals surface area contributed by atoms with Crippen molar-refractivity contribution in [3.05, 3.63) is 44.4 Å². The van der Waals surface area contributed by atoms with Gasteiger partial charge >= 0.3 is 0 Å². The van der Waals surface area contributed by atoms with Crippen molar-refractivity contribution in [2.75, 3.05) is 0 Å². The minimum absolute atomic E-state index is 0.00204. The zero-order valence-corrected chi connectivity index (χ0v) is 6.27. The Labute approximate surface area is 71.9 Å². The van der Waals surface area contributed by atoms with Crippen LogP contribution >= 0.6 is 0 Å². The number of azide groups is 2. The molecule has 0 spiro atoms. The van der Waals surface area contributed by atoms with E-state index in [1.807, 2.05) is 0 Å². The van der Waals surface area contributed by atoms with E-state index >= 15 is 0 Å². The second-order valence-electron chi connectivity index (χ2n) is 1.92. The van der Waals surface area contributed by atoms with Gasteiger partial charge in [0.25, 0.3) is 0 Å². The topological polar surface area (TPSA) is 124 Å². The standard InChI is InChI=1S/C5H3N7O/c6-10-8-4-2-1-3-12(13)5(4)9-11-7/h1-3H. The average molecular weight is 177 g/mol. The van der Waals surface area contributed by atoms with Gasteiger partial charge < -0.3 is 5.21 Å². The van der Waals surface area contributed by atoms with Crippen LogP contribution in [0.3, 0.4) is 0 Å². The lowest BCUT2D eigenvalue weighted by Gasteiger charge is -2.06. The Kier molecular flexibility index (Phi) is 2.54. The lowest BCUT2D eigenvalue weighted by atomic mass is 10.4. The van der Waals surface area contributed by atoms with Crippen LogP contribution in [0.5, 0.6) is 0 Å². The van der Waals surface area contributed by atoms with Crippen molar-refractivity contribution >= 4 is 11.5 Å². The lowest BCUT2D eigenvalue weighted by Crippen LogP contribution is -2.24. The van der Waals surface area contributed by atoms with Gasteiger partial charge in [-0.25, -0.2) is 0 Å². The molecule has 0 aliphatic carbocycles. The molecule has 13 heavy (non-hydrogen) atoms. The Morgan fingerprint density at radius 2 is 2.00 bits per heavy atom. The third-order valence-corrected chi connectivity index (χ3v) is 1.21. The van der Waals surface area contributed by atoms with Gasteiger partial charge in [-0.3, -0.25) is 4.73 Å². The van der Waals surface area contributed by atoms with E-state index in [1.54, 1.807) is 0 Å². The average Bonchev–Trinajstić information content (AvgIpc) is 2.11. The van der Waals surface area contributed by atoms with E-state index < -0.39 is 0 Å². The van der Waals surface area contributed by atoms with E-state index in [2.05, 4.69) is 20.1 Å². The zero-order valence-electron chi connectivity index (χ0n) is 6.27. The molecule has 1 aromatic heterocycles. The summed E-state index contributed by atoms with van der Waals surface area (Å²) in [4.78, 5) is 4.91. The van der Waals surface area contributed by atoms with Gasteiger partial charge in [-0.1, -0.05) is 5.11 Å². The van der Waals surface area contributed by atoms with E-state index in [9.17, 15) is 5.21 Å². The van der Waals surface area contributed by atoms with Crippen molar-refractivity contribution in [2.24, 2.45) is 10.2 Å². The van der Waals surface area contributed by atoms with Crippen molar-refractivity contribution in [1.82, 2.24) is 0 Å². The molecule has 0 bridgehead atoms. The lowest BCUT2D eigenvalue weighted by molar-refractivity contribution is -0.591. The predicted octanol–water partition coefficient (Wildman–Crippen LogP) is 2.20. The highest BCUT2D eigenvalue weighted by Crippen LogP contribution is 2.22. The molecule has 0 N–H and O–H groups in total. The van der Waals surface area contributed by atoms with Gasteiger partial charge in [-0.2, -0.15) is 0 Å². The number of hydrogen-bond donors (Lipinski definition) is 0. The normalized spacial score (nSPS) is 8.31. The summed E-state index contributed by atoms with van der Waals surface area (Å²) in [6.07, 6.45) is 1.14. The molecular formula is C5H3N7O. The van der Waals surface area contributed by atoms with Crippen LogP contribution in [0, 0.1) is 5.21 Å². The Morgan fingerprint density at radius 3 is 2.62 bits per heavy atom. The minimum Gasteiger partial charge on any atom is -0.713 e. The molecule has 0 saturated carbocycles. The summed E-state index contributed by atoms with van der Waals surface area (Å²) >= 11 is 0. The molecule has 1 heterocycles. The first kappa shape index (κ1) is 8.66. The Morgan fingerprint density at radius 1 is 1.31 bits per heavy atom. The van der Waals surface area contributed by atoms with E-state index in [0.717, 1.165) is 6.20 Å². The van der Waals surface area contributed by atoms with Crippen molar-refractivity contribution < 1.29 is 4.73 Å². The maximum atomic E-state index is 11.0. The van der Waals surface area contributed by atoms with Gasteiger partial charge in [-0.15, -0.1) is 0 Å². The molecule has 0 radical (unpaired) electrons. The summed E-state index contributed by atoms with van der Waals surface area (Å²) in [6, 6.07) is 2.76. The number of nitrogens with zero attached hydrogens (tertiary/aromatic N) is 7. The smallest absolute Gasteiger partial charge is 0.200 e. The Balaban J connectivity index is 3.41. The van der Waals surface area contributed by atoms with Crippen molar-refractivity contribution in [3.8, 4) is 0 Å². The highest BCUT2D eigenvalue weighted by molar-refractivity contribution is 5.52. The predicted molar refractivity (Wildman–Crippen MR) is 43.0 cm³/mol. The van der Waals surface area contributed by atoms with Crippen molar-refractivity contribution in [2.45, 2.75) is 0 Å². The highest BCUT2D eigenvalue weighted by Gasteiger charge is 2.01. The molecule has 64 valence electrons. The second-order valence-corrected chi connectivity index (χ2v) is 1.92. The summed E-state index contributed by atoms with van der Waals surface area (Å²) < 4.78 is 0.323. The van der Waals surface area contributed by atoms with Crippen molar-refractivity contribution in [3.63, 3.8) is 0 Å². The molecule has 0 atom stereocenters. The quantitative estimate of drug-likeness (QED) is 0.222. The van der Waals surface area contributed by atoms with Crippen LogP contribution < -0.4 is 4.73 Å². The van der Waals surface area contributed by atoms with Crippen LogP contribution in [0.1, 0.15) is 0 Å². The summed E-state index contributed by atoms with van der Waals surface area (Å²) in [7, 11) is 0. The van der Waals surface area contributed by atoms with Gasteiger partial charge in [0.05, 0.1) is 11.9 Å². The summed E-state index contributed by atoms with van der Waals surface area (Å²) in [5, 5.41) is 17.2. The SMILES string of the molecule is [N-]=[N+]=Nc1ccc[n+]([O-])c1N=[N+]=[N-]. The van der Waals surface area contributed by atoms with Crippen LogP contribution in [0.15, 0.2) is 28.6 Å². The fraction of sp³-hybridized carbons (Fsp3) is 0. The fourth-order valence-electron chi connectivity index (χ4n) is 0.734. The second kappa shape index (κ2) is 3.82. The van der Waals surface area contributed by atoms with Crippen LogP contribution in [-0.2, 0) is 0 Å². The number of hydrogen-bond acceptors (Lipinski definition) is 3. The maximum Gasteiger partial charge on any atom is 0.200 e. The fourth-order valence-corrected chi connectivity index (χ4v) is 0.734. The molecule has 0 aliphatic rings. The molecule has 0 saturated heterocycles. The molecule has 0 amide bonds. The number of pyridine rings is 1. The molecule has 8 heteroatoms. The van der Waals surface area contributed by atoms with Crippen LogP contribution in [0.4, 0.5) is 11.5 Å². The van der Waals surface area contributed by atoms with Gasteiger partial charge in [0.1, 0.15) is 0 Å². The Bertz CT molecular complexity index is 415. The summed E-state index contributed by atoms with van der Waals surface area (Å²) in [5.41, 5.74) is 16.2. The van der Waals surface area contributed by atoms with Crippen LogP contribution in [0.2, 0.25) is 0 Å². The first-order chi connectivity index (χ1) is 6.29. The monoisotopic (exact) mass is 177 g/mol. The summed E-state index contributed by atoms with van der Waals surface area (Å²) in [5.74, 6) is -0.261. The molecule has 0 aromatic carbocycles. The summed E-state index contributed by atoms with van der Waals surface area (Å²) in [6.45, 7) is 0. The minimum atomic E-state index is -0.261. The van der Waals surface area contributed by atoms with Crippen LogP contribution in [-0.4, -0.2) is 0 Å². The molecular weight excluding hydrogens is 174 g/mol. The van der Waals surface area contributed by atoms with E-state index in [-0.39, 0.29) is 11.5 Å². The molecule has 1 rings (SSSR count). The molecule has 1 aromatic rings. The van der Waals surface area contributed by atoms with Gasteiger partial charge in [0.15, 0.2) is 0 Å². The van der Waals surface area contributed by atoms with E-state index in [1.165, 1.54) is 12.1 Å². The first-order valence-corrected chi connectivity index (χ1v) is 3.12. The number of rotatable bonds is 2. The van der Waals surface area contributed by atoms with Crippen LogP contribution in [0.25, 0.3) is 20.9 Å². The first-order valence-electron chi connectivity index (χ1n) is 3.12. The highest BCUT2D eigenvalue weighted by atomic mass is 16.5. The van der Waals surface area contributed by atoms with E-state index in [4.69, 9.17) is 11.1 Å². The molecule has 0 unspecified atom stereocenters. The molecule has 8 nitrogen and oxygen atoms in total. The molecule has 0 fully saturated rings. The van der Waals surface area contributed by atoms with Gasteiger partial charge in [0.2, 0.25) is 5.82 Å².